The highest BCUT2D eigenvalue weighted by Gasteiger charge is 2.21. The third kappa shape index (κ3) is 5.37. The summed E-state index contributed by atoms with van der Waals surface area (Å²) in [6.07, 6.45) is 0. The van der Waals surface area contributed by atoms with Crippen molar-refractivity contribution in [2.75, 3.05) is 0 Å². The Labute approximate surface area is 334 Å². The van der Waals surface area contributed by atoms with Gasteiger partial charge in [0.2, 0.25) is 0 Å². The molecule has 0 spiro atoms. The molecule has 262 valence electrons. The molecule has 0 N–H and O–H groups in total. The van der Waals surface area contributed by atoms with Crippen LogP contribution in [-0.2, 0) is 0 Å². The molecule has 0 saturated carbocycles. The van der Waals surface area contributed by atoms with Crippen LogP contribution in [0, 0.1) is 0 Å². The molecule has 11 aromatic rings. The van der Waals surface area contributed by atoms with Crippen LogP contribution in [-0.4, -0.2) is 19.5 Å². The molecule has 0 atom stereocenters. The van der Waals surface area contributed by atoms with E-state index in [0.717, 1.165) is 38.6 Å². The van der Waals surface area contributed by atoms with Crippen molar-refractivity contribution < 1.29 is 15.4 Å². The molecule has 0 fully saturated rings. The monoisotopic (exact) mass is 724 g/mol. The summed E-state index contributed by atoms with van der Waals surface area (Å²) >= 11 is 0. The molecular formula is C51H32N4O. The molecule has 5 nitrogen and oxygen atoms in total. The predicted molar refractivity (Wildman–Crippen MR) is 229 cm³/mol. The van der Waals surface area contributed by atoms with Crippen molar-refractivity contribution >= 4 is 43.7 Å². The van der Waals surface area contributed by atoms with Crippen LogP contribution in [0.4, 0.5) is 0 Å². The fourth-order valence-corrected chi connectivity index (χ4v) is 7.46. The minimum absolute atomic E-state index is 0.0164. The van der Waals surface area contributed by atoms with Crippen molar-refractivity contribution in [3.05, 3.63) is 194 Å². The standard InChI is InChI=1S/C51H32N4O/c1-3-14-33(15-4-1)35-18-13-19-36(30-35)37-26-29-43(46(31-37)55-44-23-10-7-20-39(44)40-21-8-11-24-45(40)55)51-53-49(34-16-5-2-6-17-34)52-50(54-51)38-27-28-42-41-22-9-12-25-47(41)56-48(42)32-38/h1-32H/i7D,8D,10D,11D,20D,21D,23D,24D. The minimum Gasteiger partial charge on any atom is -0.456 e. The van der Waals surface area contributed by atoms with Crippen LogP contribution in [0.15, 0.2) is 198 Å². The van der Waals surface area contributed by atoms with E-state index in [4.69, 9.17) is 27.6 Å². The van der Waals surface area contributed by atoms with Crippen molar-refractivity contribution in [3.63, 3.8) is 0 Å². The van der Waals surface area contributed by atoms with Crippen molar-refractivity contribution in [1.82, 2.24) is 19.5 Å². The number of hydrogen-bond donors (Lipinski definition) is 0. The average molecular weight is 725 g/mol. The van der Waals surface area contributed by atoms with E-state index in [0.29, 0.717) is 39.6 Å². The quantitative estimate of drug-likeness (QED) is 0.171. The lowest BCUT2D eigenvalue weighted by Gasteiger charge is -2.17. The van der Waals surface area contributed by atoms with E-state index in [1.54, 1.807) is 0 Å². The first-order valence-electron chi connectivity index (χ1n) is 22.1. The molecule has 0 radical (unpaired) electrons. The van der Waals surface area contributed by atoms with Gasteiger partial charge in [-0.3, -0.25) is 0 Å². The first-order valence-corrected chi connectivity index (χ1v) is 18.1. The highest BCUT2D eigenvalue weighted by atomic mass is 16.3. The third-order valence-electron chi connectivity index (χ3n) is 10.1. The van der Waals surface area contributed by atoms with E-state index in [-0.39, 0.29) is 27.6 Å². The molecule has 56 heavy (non-hydrogen) atoms. The summed E-state index contributed by atoms with van der Waals surface area (Å²) in [5, 5.41) is 1.85. The van der Waals surface area contributed by atoms with Gasteiger partial charge in [-0.1, -0.05) is 145 Å². The second-order valence-electron chi connectivity index (χ2n) is 13.4. The molecule has 0 bridgehead atoms. The molecule has 0 aliphatic rings. The Morgan fingerprint density at radius 3 is 1.70 bits per heavy atom. The third-order valence-corrected chi connectivity index (χ3v) is 10.1. The van der Waals surface area contributed by atoms with E-state index < -0.39 is 48.3 Å². The summed E-state index contributed by atoms with van der Waals surface area (Å²) in [7, 11) is 0. The summed E-state index contributed by atoms with van der Waals surface area (Å²) in [4.78, 5) is 15.2. The predicted octanol–water partition coefficient (Wildman–Crippen LogP) is 13.2. The SMILES string of the molecule is [2H]c1c([2H])c([2H])c2c(c1[2H])c1c([2H])c([2H])c([2H])c([2H])c1n2-c1cc(-c2cccc(-c3ccccc3)c2)ccc1-c1nc(-c2ccccc2)nc(-c2ccc3c(c2)oc2ccccc23)n1. The van der Waals surface area contributed by atoms with Crippen LogP contribution < -0.4 is 0 Å². The second-order valence-corrected chi connectivity index (χ2v) is 13.4. The Bertz CT molecular complexity index is 3640. The summed E-state index contributed by atoms with van der Waals surface area (Å²) in [5.41, 5.74) is 7.01. The smallest absolute Gasteiger partial charge is 0.166 e. The number of hydrogen-bond acceptors (Lipinski definition) is 4. The normalized spacial score (nSPS) is 13.6. The number of rotatable bonds is 6. The molecule has 0 unspecified atom stereocenters. The summed E-state index contributed by atoms with van der Waals surface area (Å²) in [5.74, 6) is 0.912. The average Bonchev–Trinajstić information content (AvgIpc) is 3.91. The van der Waals surface area contributed by atoms with Crippen LogP contribution in [0.5, 0.6) is 0 Å². The molecule has 8 aromatic carbocycles. The van der Waals surface area contributed by atoms with Gasteiger partial charge in [-0.15, -0.1) is 0 Å². The molecular weight excluding hydrogens is 685 g/mol. The van der Waals surface area contributed by atoms with E-state index in [1.807, 2.05) is 140 Å². The van der Waals surface area contributed by atoms with Gasteiger partial charge in [0.05, 0.1) is 27.7 Å². The zero-order chi connectivity index (χ0) is 44.0. The number of nitrogens with zero attached hydrogens (tertiary/aromatic N) is 4. The highest BCUT2D eigenvalue weighted by molar-refractivity contribution is 6.10. The Morgan fingerprint density at radius 2 is 0.946 bits per heavy atom. The first kappa shape index (κ1) is 24.6. The number of benzene rings is 8. The van der Waals surface area contributed by atoms with Crippen molar-refractivity contribution in [2.24, 2.45) is 0 Å². The van der Waals surface area contributed by atoms with E-state index >= 15 is 0 Å². The number of para-hydroxylation sites is 3. The van der Waals surface area contributed by atoms with E-state index in [1.165, 1.54) is 4.57 Å². The molecule has 0 amide bonds. The van der Waals surface area contributed by atoms with Gasteiger partial charge in [0.25, 0.3) is 0 Å². The Morgan fingerprint density at radius 1 is 0.393 bits per heavy atom. The van der Waals surface area contributed by atoms with Crippen LogP contribution in [0.3, 0.4) is 0 Å². The number of aromatic nitrogens is 4. The van der Waals surface area contributed by atoms with Gasteiger partial charge in [0.15, 0.2) is 17.5 Å². The van der Waals surface area contributed by atoms with Gasteiger partial charge in [-0.05, 0) is 70.7 Å². The maximum Gasteiger partial charge on any atom is 0.166 e. The minimum atomic E-state index is -0.522. The van der Waals surface area contributed by atoms with Gasteiger partial charge in [-0.2, -0.15) is 0 Å². The highest BCUT2D eigenvalue weighted by Crippen LogP contribution is 2.39. The van der Waals surface area contributed by atoms with Crippen LogP contribution in [0.25, 0.3) is 106 Å². The summed E-state index contributed by atoms with van der Waals surface area (Å²) in [6, 6.07) is 42.9. The Kier molecular flexibility index (Phi) is 5.74. The fraction of sp³-hybridized carbons (Fsp3) is 0. The molecule has 11 rings (SSSR count). The zero-order valence-corrected chi connectivity index (χ0v) is 29.6. The fourth-order valence-electron chi connectivity index (χ4n) is 7.46. The lowest BCUT2D eigenvalue weighted by atomic mass is 9.97. The summed E-state index contributed by atoms with van der Waals surface area (Å²) < 4.78 is 79.6. The lowest BCUT2D eigenvalue weighted by Crippen LogP contribution is -2.04. The van der Waals surface area contributed by atoms with Gasteiger partial charge in [0, 0.05) is 38.2 Å². The van der Waals surface area contributed by atoms with Gasteiger partial charge >= 0.3 is 0 Å². The topological polar surface area (TPSA) is 56.7 Å². The Balaban J connectivity index is 1.25. The maximum atomic E-state index is 9.33. The van der Waals surface area contributed by atoms with Crippen LogP contribution in [0.2, 0.25) is 0 Å². The number of furan rings is 1. The van der Waals surface area contributed by atoms with Crippen molar-refractivity contribution in [1.29, 1.82) is 0 Å². The molecule has 3 aromatic heterocycles. The molecule has 0 saturated heterocycles. The lowest BCUT2D eigenvalue weighted by molar-refractivity contribution is 0.669. The van der Waals surface area contributed by atoms with Gasteiger partial charge in [-0.25, -0.2) is 15.0 Å². The molecule has 3 heterocycles. The molecule has 0 aliphatic carbocycles. The molecule has 0 aliphatic heterocycles. The van der Waals surface area contributed by atoms with Gasteiger partial charge < -0.3 is 8.98 Å². The first-order chi connectivity index (χ1) is 31.1. The Hall–Kier alpha value is -7.63. The van der Waals surface area contributed by atoms with E-state index in [9.17, 15) is 2.74 Å². The van der Waals surface area contributed by atoms with Crippen LogP contribution in [0.1, 0.15) is 11.0 Å². The molecule has 5 heteroatoms. The largest absolute Gasteiger partial charge is 0.456 e. The van der Waals surface area contributed by atoms with Crippen molar-refractivity contribution in [2.45, 2.75) is 0 Å². The van der Waals surface area contributed by atoms with Crippen LogP contribution >= 0.6 is 0 Å². The maximum absolute atomic E-state index is 9.33. The van der Waals surface area contributed by atoms with Gasteiger partial charge in [0.1, 0.15) is 11.2 Å². The van der Waals surface area contributed by atoms with E-state index in [2.05, 4.69) is 6.07 Å². The zero-order valence-electron chi connectivity index (χ0n) is 37.6. The summed E-state index contributed by atoms with van der Waals surface area (Å²) in [6.45, 7) is 0. The second kappa shape index (κ2) is 13.0. The number of fused-ring (bicyclic) bond motifs is 6. The van der Waals surface area contributed by atoms with Crippen molar-refractivity contribution in [3.8, 4) is 62.1 Å².